The molecule has 0 radical (unpaired) electrons. The molecule has 1 heterocycles. The summed E-state index contributed by atoms with van der Waals surface area (Å²) in [6.07, 6.45) is 0.404. The number of sulfone groups is 1. The highest BCUT2D eigenvalue weighted by atomic mass is 79.9. The fourth-order valence-corrected chi connectivity index (χ4v) is 3.98. The van der Waals surface area contributed by atoms with E-state index in [0.29, 0.717) is 12.1 Å². The Bertz CT molecular complexity index is 660. The summed E-state index contributed by atoms with van der Waals surface area (Å²) in [5.74, 6) is -0.329. The summed E-state index contributed by atoms with van der Waals surface area (Å²) in [7, 11) is -3.04. The molecule has 0 aromatic heterocycles. The number of benzene rings is 1. The maximum absolute atomic E-state index is 11.7. The molecule has 0 aliphatic carbocycles. The minimum Gasteiger partial charge on any atom is -0.334 e. The number of halogens is 1. The number of carbonyl (C=O) groups is 2. The number of rotatable bonds is 4. The number of hydrogen-bond acceptors (Lipinski definition) is 4. The van der Waals surface area contributed by atoms with Crippen molar-refractivity contribution in [2.75, 3.05) is 23.4 Å². The third-order valence-corrected chi connectivity index (χ3v) is 5.40. The number of amides is 3. The van der Waals surface area contributed by atoms with Crippen molar-refractivity contribution < 1.29 is 18.0 Å². The topological polar surface area (TPSA) is 104 Å². The molecular formula is C13H16BrN3O4S. The van der Waals surface area contributed by atoms with Gasteiger partial charge in [0, 0.05) is 16.2 Å². The van der Waals surface area contributed by atoms with Gasteiger partial charge >= 0.3 is 6.03 Å². The zero-order valence-electron chi connectivity index (χ0n) is 11.6. The Hall–Kier alpha value is -1.61. The van der Waals surface area contributed by atoms with Crippen LogP contribution in [0.1, 0.15) is 6.42 Å². The zero-order valence-corrected chi connectivity index (χ0v) is 14.0. The second-order valence-corrected chi connectivity index (χ2v) is 8.13. The molecule has 0 bridgehead atoms. The van der Waals surface area contributed by atoms with Gasteiger partial charge in [0.15, 0.2) is 9.84 Å². The summed E-state index contributed by atoms with van der Waals surface area (Å²) in [6, 6.07) is 6.09. The van der Waals surface area contributed by atoms with Crippen LogP contribution in [0.3, 0.4) is 0 Å². The highest BCUT2D eigenvalue weighted by molar-refractivity contribution is 9.10. The first-order valence-corrected chi connectivity index (χ1v) is 9.26. The molecule has 0 spiro atoms. The normalized spacial score (nSPS) is 19.4. The maximum Gasteiger partial charge on any atom is 0.315 e. The molecule has 1 aliphatic rings. The van der Waals surface area contributed by atoms with Crippen LogP contribution in [0.15, 0.2) is 28.7 Å². The number of hydrogen-bond donors (Lipinski definition) is 3. The van der Waals surface area contributed by atoms with Crippen LogP contribution >= 0.6 is 15.9 Å². The Morgan fingerprint density at radius 1 is 1.23 bits per heavy atom. The number of urea groups is 1. The van der Waals surface area contributed by atoms with Gasteiger partial charge in [-0.3, -0.25) is 4.79 Å². The molecule has 9 heteroatoms. The van der Waals surface area contributed by atoms with Gasteiger partial charge in [-0.1, -0.05) is 15.9 Å². The largest absolute Gasteiger partial charge is 0.334 e. The lowest BCUT2D eigenvalue weighted by Gasteiger charge is -2.12. The molecule has 2 rings (SSSR count). The van der Waals surface area contributed by atoms with E-state index in [1.54, 1.807) is 24.3 Å². The third kappa shape index (κ3) is 5.30. The Morgan fingerprint density at radius 2 is 1.91 bits per heavy atom. The van der Waals surface area contributed by atoms with Crippen molar-refractivity contribution in [3.8, 4) is 0 Å². The lowest BCUT2D eigenvalue weighted by atomic mass is 10.3. The average molecular weight is 390 g/mol. The zero-order chi connectivity index (χ0) is 16.2. The molecule has 0 unspecified atom stereocenters. The number of anilines is 1. The van der Waals surface area contributed by atoms with Crippen molar-refractivity contribution >= 4 is 43.4 Å². The fraction of sp³-hybridized carbons (Fsp3) is 0.385. The first kappa shape index (κ1) is 16.8. The SMILES string of the molecule is O=C(CNC(=O)N[C@@H]1CCS(=O)(=O)C1)Nc1ccc(Br)cc1. The van der Waals surface area contributed by atoms with Gasteiger partial charge < -0.3 is 16.0 Å². The van der Waals surface area contributed by atoms with Crippen molar-refractivity contribution in [3.63, 3.8) is 0 Å². The molecule has 3 N–H and O–H groups in total. The van der Waals surface area contributed by atoms with Crippen LogP contribution in [0.4, 0.5) is 10.5 Å². The van der Waals surface area contributed by atoms with Crippen molar-refractivity contribution in [3.05, 3.63) is 28.7 Å². The second kappa shape index (κ2) is 7.10. The third-order valence-electron chi connectivity index (χ3n) is 3.11. The summed E-state index contributed by atoms with van der Waals surface area (Å²) in [5, 5.41) is 7.58. The van der Waals surface area contributed by atoms with E-state index in [-0.39, 0.29) is 30.0 Å². The van der Waals surface area contributed by atoms with E-state index in [9.17, 15) is 18.0 Å². The minimum absolute atomic E-state index is 0.0501. The minimum atomic E-state index is -3.04. The van der Waals surface area contributed by atoms with Crippen molar-refractivity contribution in [1.82, 2.24) is 10.6 Å². The summed E-state index contributed by atoms with van der Waals surface area (Å²) in [5.41, 5.74) is 0.622. The van der Waals surface area contributed by atoms with E-state index in [4.69, 9.17) is 0 Å². The van der Waals surface area contributed by atoms with Crippen LogP contribution in [-0.2, 0) is 14.6 Å². The fourth-order valence-electron chi connectivity index (χ4n) is 2.04. The predicted molar refractivity (Wildman–Crippen MR) is 86.4 cm³/mol. The molecular weight excluding hydrogens is 374 g/mol. The van der Waals surface area contributed by atoms with Gasteiger partial charge in [0.2, 0.25) is 5.91 Å². The predicted octanol–water partition coefficient (Wildman–Crippen LogP) is 0.874. The molecule has 0 saturated carbocycles. The first-order chi connectivity index (χ1) is 10.3. The summed E-state index contributed by atoms with van der Waals surface area (Å²) in [4.78, 5) is 23.3. The molecule has 1 atom stereocenters. The van der Waals surface area contributed by atoms with Crippen LogP contribution in [0.5, 0.6) is 0 Å². The maximum atomic E-state index is 11.7. The van der Waals surface area contributed by atoms with Crippen molar-refractivity contribution in [1.29, 1.82) is 0 Å². The smallest absolute Gasteiger partial charge is 0.315 e. The molecule has 1 aliphatic heterocycles. The van der Waals surface area contributed by atoms with E-state index in [1.807, 2.05) is 0 Å². The molecule has 3 amide bonds. The Morgan fingerprint density at radius 3 is 2.50 bits per heavy atom. The average Bonchev–Trinajstić information content (AvgIpc) is 2.78. The standard InChI is InChI=1S/C13H16BrN3O4S/c14-9-1-3-10(4-2-9)16-12(18)7-15-13(19)17-11-5-6-22(20,21)8-11/h1-4,11H,5-8H2,(H,16,18)(H2,15,17,19)/t11-/m1/s1. The van der Waals surface area contributed by atoms with E-state index >= 15 is 0 Å². The van der Waals surface area contributed by atoms with E-state index in [2.05, 4.69) is 31.9 Å². The van der Waals surface area contributed by atoms with Crippen LogP contribution < -0.4 is 16.0 Å². The van der Waals surface area contributed by atoms with Gasteiger partial charge in [0.25, 0.3) is 0 Å². The molecule has 1 aromatic rings. The van der Waals surface area contributed by atoms with Gasteiger partial charge in [-0.05, 0) is 30.7 Å². The van der Waals surface area contributed by atoms with Crippen LogP contribution in [0.2, 0.25) is 0 Å². The highest BCUT2D eigenvalue weighted by Gasteiger charge is 2.28. The Labute approximate surface area is 136 Å². The Kier molecular flexibility index (Phi) is 5.41. The molecule has 1 saturated heterocycles. The van der Waals surface area contributed by atoms with Crippen LogP contribution in [-0.4, -0.2) is 44.4 Å². The molecule has 22 heavy (non-hydrogen) atoms. The molecule has 120 valence electrons. The summed E-state index contributed by atoms with van der Waals surface area (Å²) < 4.78 is 23.5. The van der Waals surface area contributed by atoms with E-state index < -0.39 is 15.9 Å². The van der Waals surface area contributed by atoms with Gasteiger partial charge in [-0.15, -0.1) is 0 Å². The molecule has 1 aromatic carbocycles. The molecule has 1 fully saturated rings. The lowest BCUT2D eigenvalue weighted by Crippen LogP contribution is -2.45. The van der Waals surface area contributed by atoms with Gasteiger partial charge in [0.05, 0.1) is 18.1 Å². The molecule has 7 nitrogen and oxygen atoms in total. The highest BCUT2D eigenvalue weighted by Crippen LogP contribution is 2.14. The van der Waals surface area contributed by atoms with Crippen LogP contribution in [0, 0.1) is 0 Å². The van der Waals surface area contributed by atoms with Crippen molar-refractivity contribution in [2.45, 2.75) is 12.5 Å². The summed E-state index contributed by atoms with van der Waals surface area (Å²) >= 11 is 3.29. The van der Waals surface area contributed by atoms with Crippen LogP contribution in [0.25, 0.3) is 0 Å². The lowest BCUT2D eigenvalue weighted by molar-refractivity contribution is -0.115. The second-order valence-electron chi connectivity index (χ2n) is 4.98. The van der Waals surface area contributed by atoms with E-state index in [1.165, 1.54) is 0 Å². The summed E-state index contributed by atoms with van der Waals surface area (Å²) in [6.45, 7) is -0.193. The van der Waals surface area contributed by atoms with E-state index in [0.717, 1.165) is 4.47 Å². The van der Waals surface area contributed by atoms with Gasteiger partial charge in [-0.25, -0.2) is 13.2 Å². The quantitative estimate of drug-likeness (QED) is 0.710. The van der Waals surface area contributed by atoms with Crippen molar-refractivity contribution in [2.24, 2.45) is 0 Å². The first-order valence-electron chi connectivity index (χ1n) is 6.64. The Balaban J connectivity index is 1.72. The van der Waals surface area contributed by atoms with Gasteiger partial charge in [-0.2, -0.15) is 0 Å². The monoisotopic (exact) mass is 389 g/mol. The number of carbonyl (C=O) groups excluding carboxylic acids is 2. The van der Waals surface area contributed by atoms with Gasteiger partial charge in [0.1, 0.15) is 0 Å². The number of nitrogens with one attached hydrogen (secondary N) is 3.